The fourth-order valence-electron chi connectivity index (χ4n) is 1.86. The number of benzene rings is 1. The molecular weight excluding hydrogens is 272 g/mol. The van der Waals surface area contributed by atoms with Crippen LogP contribution in [0.1, 0.15) is 16.8 Å². The van der Waals surface area contributed by atoms with E-state index in [1.165, 1.54) is 18.1 Å². The van der Waals surface area contributed by atoms with E-state index in [9.17, 15) is 4.79 Å². The maximum atomic E-state index is 12.0. The Morgan fingerprint density at radius 2 is 2.00 bits per heavy atom. The Bertz CT molecular complexity index is 726. The lowest BCUT2D eigenvalue weighted by molar-refractivity contribution is 0.0989. The number of hydrogen-bond donors (Lipinski definition) is 1. The van der Waals surface area contributed by atoms with Crippen LogP contribution in [0, 0.1) is 0 Å². The van der Waals surface area contributed by atoms with Gasteiger partial charge in [0, 0.05) is 17.7 Å². The van der Waals surface area contributed by atoms with Crippen molar-refractivity contribution in [3.8, 4) is 0 Å². The van der Waals surface area contributed by atoms with Crippen molar-refractivity contribution in [2.75, 3.05) is 5.75 Å². The normalized spacial score (nSPS) is 10.8. The molecule has 0 atom stereocenters. The van der Waals surface area contributed by atoms with Crippen LogP contribution in [0.4, 0.5) is 0 Å². The summed E-state index contributed by atoms with van der Waals surface area (Å²) in [5.41, 5.74) is 2.23. The van der Waals surface area contributed by atoms with Crippen LogP contribution in [0.2, 0.25) is 0 Å². The fraction of sp³-hybridized carbons (Fsp3) is 0.143. The molecule has 0 spiro atoms. The van der Waals surface area contributed by atoms with Gasteiger partial charge in [-0.2, -0.15) is 0 Å². The van der Waals surface area contributed by atoms with Crippen molar-refractivity contribution < 1.29 is 4.79 Å². The highest BCUT2D eigenvalue weighted by molar-refractivity contribution is 7.99. The van der Waals surface area contributed by atoms with Gasteiger partial charge >= 0.3 is 0 Å². The van der Waals surface area contributed by atoms with Gasteiger partial charge in [-0.1, -0.05) is 30.3 Å². The maximum Gasteiger partial charge on any atom is 0.181 e. The Morgan fingerprint density at radius 3 is 2.85 bits per heavy atom. The maximum absolute atomic E-state index is 12.0. The molecule has 0 radical (unpaired) electrons. The van der Waals surface area contributed by atoms with Crippen LogP contribution < -0.4 is 0 Å². The number of aromatic amines is 1. The van der Waals surface area contributed by atoms with Crippen LogP contribution >= 0.6 is 11.8 Å². The Hall–Kier alpha value is -2.21. The van der Waals surface area contributed by atoms with Crippen molar-refractivity contribution in [1.82, 2.24) is 19.9 Å². The molecule has 1 N–H and O–H groups in total. The van der Waals surface area contributed by atoms with Crippen LogP contribution in [0.25, 0.3) is 11.2 Å². The molecule has 1 aromatic carbocycles. The van der Waals surface area contributed by atoms with Crippen molar-refractivity contribution in [3.05, 3.63) is 48.5 Å². The zero-order valence-electron chi connectivity index (χ0n) is 10.6. The summed E-state index contributed by atoms with van der Waals surface area (Å²) in [6.07, 6.45) is 3.57. The predicted molar refractivity (Wildman–Crippen MR) is 77.8 cm³/mol. The van der Waals surface area contributed by atoms with Crippen LogP contribution in [0.15, 0.2) is 48.0 Å². The average Bonchev–Trinajstić information content (AvgIpc) is 2.97. The lowest BCUT2D eigenvalue weighted by Gasteiger charge is -2.02. The number of Topliss-reactive ketones (excluding diaryl/α,β-unsaturated/α-hetero) is 1. The first-order valence-corrected chi connectivity index (χ1v) is 7.18. The standard InChI is InChI=1S/C14H12N4OS/c19-11(10-4-2-1-3-5-10)6-7-20-14-12-13(16-8-15-12)17-9-18-14/h1-5,8-9H,6-7H2,(H,15,16,17,18). The molecule has 3 rings (SSSR count). The quantitative estimate of drug-likeness (QED) is 0.443. The van der Waals surface area contributed by atoms with Gasteiger partial charge in [0.15, 0.2) is 11.4 Å². The molecule has 6 heteroatoms. The Balaban J connectivity index is 1.63. The number of aromatic nitrogens is 4. The number of ketones is 1. The van der Waals surface area contributed by atoms with Crippen molar-refractivity contribution in [3.63, 3.8) is 0 Å². The summed E-state index contributed by atoms with van der Waals surface area (Å²) < 4.78 is 0. The summed E-state index contributed by atoms with van der Waals surface area (Å²) in [5, 5.41) is 0.827. The van der Waals surface area contributed by atoms with Crippen LogP contribution in [-0.4, -0.2) is 31.5 Å². The van der Waals surface area contributed by atoms with Gasteiger partial charge in [0.1, 0.15) is 16.9 Å². The number of carbonyl (C=O) groups excluding carboxylic acids is 1. The van der Waals surface area contributed by atoms with Crippen LogP contribution in [0.5, 0.6) is 0 Å². The van der Waals surface area contributed by atoms with Gasteiger partial charge in [-0.25, -0.2) is 15.0 Å². The molecule has 0 bridgehead atoms. The summed E-state index contributed by atoms with van der Waals surface area (Å²) in [4.78, 5) is 27.4. The number of hydrogen-bond acceptors (Lipinski definition) is 5. The highest BCUT2D eigenvalue weighted by atomic mass is 32.2. The first kappa shape index (κ1) is 12.8. The number of nitrogens with zero attached hydrogens (tertiary/aromatic N) is 3. The number of fused-ring (bicyclic) bond motifs is 1. The third-order valence-electron chi connectivity index (χ3n) is 2.85. The van der Waals surface area contributed by atoms with Gasteiger partial charge in [-0.05, 0) is 0 Å². The number of thioether (sulfide) groups is 1. The molecule has 0 unspecified atom stereocenters. The van der Waals surface area contributed by atoms with Gasteiger partial charge in [0.05, 0.1) is 6.33 Å². The van der Waals surface area contributed by atoms with Crippen LogP contribution in [-0.2, 0) is 0 Å². The second-order valence-corrected chi connectivity index (χ2v) is 5.25. The largest absolute Gasteiger partial charge is 0.341 e. The SMILES string of the molecule is O=C(CCSc1ncnc2nc[nH]c12)c1ccccc1. The van der Waals surface area contributed by atoms with Gasteiger partial charge < -0.3 is 4.98 Å². The highest BCUT2D eigenvalue weighted by Gasteiger charge is 2.09. The minimum Gasteiger partial charge on any atom is -0.341 e. The van der Waals surface area contributed by atoms with Gasteiger partial charge in [-0.3, -0.25) is 4.79 Å². The molecule has 0 saturated heterocycles. The van der Waals surface area contributed by atoms with Crippen molar-refractivity contribution >= 4 is 28.7 Å². The van der Waals surface area contributed by atoms with Gasteiger partial charge in [0.2, 0.25) is 0 Å². The molecule has 2 heterocycles. The minimum absolute atomic E-state index is 0.146. The minimum atomic E-state index is 0.146. The van der Waals surface area contributed by atoms with E-state index in [0.29, 0.717) is 17.8 Å². The number of nitrogens with one attached hydrogen (secondary N) is 1. The zero-order valence-corrected chi connectivity index (χ0v) is 11.4. The van der Waals surface area contributed by atoms with E-state index < -0.39 is 0 Å². The second-order valence-electron chi connectivity index (χ2n) is 4.17. The monoisotopic (exact) mass is 284 g/mol. The summed E-state index contributed by atoms with van der Waals surface area (Å²) in [6.45, 7) is 0. The molecular formula is C14H12N4OS. The predicted octanol–water partition coefficient (Wildman–Crippen LogP) is 2.72. The van der Waals surface area contributed by atoms with E-state index in [4.69, 9.17) is 0 Å². The first-order chi connectivity index (χ1) is 9.84. The molecule has 20 heavy (non-hydrogen) atoms. The molecule has 0 amide bonds. The number of H-pyrrole nitrogens is 1. The van der Waals surface area contributed by atoms with Crippen LogP contribution in [0.3, 0.4) is 0 Å². The van der Waals surface area contributed by atoms with E-state index in [-0.39, 0.29) is 5.78 Å². The lowest BCUT2D eigenvalue weighted by atomic mass is 10.1. The van der Waals surface area contributed by atoms with E-state index in [1.807, 2.05) is 30.3 Å². The molecule has 100 valence electrons. The summed E-state index contributed by atoms with van der Waals surface area (Å²) >= 11 is 1.53. The molecule has 0 aliphatic heterocycles. The summed E-state index contributed by atoms with van der Waals surface area (Å²) in [6, 6.07) is 9.33. The number of rotatable bonds is 5. The molecule has 5 nitrogen and oxygen atoms in total. The molecule has 2 aromatic heterocycles. The fourth-order valence-corrected chi connectivity index (χ4v) is 2.76. The number of imidazole rings is 1. The van der Waals surface area contributed by atoms with Crippen molar-refractivity contribution in [2.45, 2.75) is 11.4 Å². The molecule has 0 fully saturated rings. The topological polar surface area (TPSA) is 71.5 Å². The average molecular weight is 284 g/mol. The summed E-state index contributed by atoms with van der Waals surface area (Å²) in [5.74, 6) is 0.826. The van der Waals surface area contributed by atoms with Gasteiger partial charge in [0.25, 0.3) is 0 Å². The number of carbonyl (C=O) groups is 1. The van der Waals surface area contributed by atoms with E-state index in [2.05, 4.69) is 19.9 Å². The van der Waals surface area contributed by atoms with E-state index in [0.717, 1.165) is 16.1 Å². The molecule has 0 saturated carbocycles. The zero-order chi connectivity index (χ0) is 13.8. The Kier molecular flexibility index (Phi) is 3.73. The Morgan fingerprint density at radius 1 is 1.15 bits per heavy atom. The third-order valence-corrected chi connectivity index (χ3v) is 3.84. The summed E-state index contributed by atoms with van der Waals surface area (Å²) in [7, 11) is 0. The lowest BCUT2D eigenvalue weighted by Crippen LogP contribution is -2.00. The first-order valence-electron chi connectivity index (χ1n) is 6.20. The smallest absolute Gasteiger partial charge is 0.181 e. The van der Waals surface area contributed by atoms with Crippen molar-refractivity contribution in [1.29, 1.82) is 0 Å². The second kappa shape index (κ2) is 5.83. The van der Waals surface area contributed by atoms with Gasteiger partial charge in [-0.15, -0.1) is 11.8 Å². The molecule has 0 aliphatic carbocycles. The molecule has 3 aromatic rings. The van der Waals surface area contributed by atoms with E-state index in [1.54, 1.807) is 6.33 Å². The Labute approximate surface area is 119 Å². The van der Waals surface area contributed by atoms with Crippen molar-refractivity contribution in [2.24, 2.45) is 0 Å². The molecule has 0 aliphatic rings. The van der Waals surface area contributed by atoms with E-state index >= 15 is 0 Å². The third kappa shape index (κ3) is 2.70. The highest BCUT2D eigenvalue weighted by Crippen LogP contribution is 2.22.